The predicted octanol–water partition coefficient (Wildman–Crippen LogP) is 3.00. The highest BCUT2D eigenvalue weighted by Crippen LogP contribution is 2.11. The van der Waals surface area contributed by atoms with Gasteiger partial charge in [0.1, 0.15) is 0 Å². The third-order valence-corrected chi connectivity index (χ3v) is 4.31. The van der Waals surface area contributed by atoms with Gasteiger partial charge in [-0.2, -0.15) is 0 Å². The van der Waals surface area contributed by atoms with E-state index in [1.807, 2.05) is 13.8 Å². The van der Waals surface area contributed by atoms with Crippen LogP contribution >= 0.6 is 11.3 Å². The summed E-state index contributed by atoms with van der Waals surface area (Å²) < 4.78 is 5.77. The van der Waals surface area contributed by atoms with Gasteiger partial charge >= 0.3 is 0 Å². The molecule has 0 bridgehead atoms. The molecule has 1 atom stereocenters. The van der Waals surface area contributed by atoms with Crippen LogP contribution in [0.25, 0.3) is 0 Å². The van der Waals surface area contributed by atoms with E-state index in [-0.39, 0.29) is 6.10 Å². The standard InChI is InChI=1S/C17H32N4OS/c1-6-18-17(19-10-8-15-12-23-14(5)21-15)20-11-9-16(13(3)4)22-7-2/h12-13,16H,6-11H2,1-5H3,(H2,18,19,20). The number of aromatic nitrogens is 1. The van der Waals surface area contributed by atoms with Crippen molar-refractivity contribution in [2.75, 3.05) is 26.2 Å². The first-order valence-electron chi connectivity index (χ1n) is 8.61. The van der Waals surface area contributed by atoms with Gasteiger partial charge in [0.15, 0.2) is 5.96 Å². The third-order valence-electron chi connectivity index (χ3n) is 3.49. The van der Waals surface area contributed by atoms with Gasteiger partial charge in [-0.05, 0) is 33.1 Å². The van der Waals surface area contributed by atoms with Gasteiger partial charge in [-0.15, -0.1) is 11.3 Å². The van der Waals surface area contributed by atoms with E-state index in [2.05, 4.69) is 46.8 Å². The highest BCUT2D eigenvalue weighted by molar-refractivity contribution is 7.09. The molecule has 23 heavy (non-hydrogen) atoms. The van der Waals surface area contributed by atoms with E-state index in [4.69, 9.17) is 4.74 Å². The number of ether oxygens (including phenoxy) is 1. The lowest BCUT2D eigenvalue weighted by atomic mass is 10.0. The van der Waals surface area contributed by atoms with Gasteiger partial charge in [0.2, 0.25) is 0 Å². The second-order valence-corrected chi connectivity index (χ2v) is 6.88. The van der Waals surface area contributed by atoms with E-state index < -0.39 is 0 Å². The summed E-state index contributed by atoms with van der Waals surface area (Å²) in [6.07, 6.45) is 2.15. The fourth-order valence-electron chi connectivity index (χ4n) is 2.30. The molecule has 6 heteroatoms. The minimum atomic E-state index is 0.282. The molecule has 1 unspecified atom stereocenters. The number of aliphatic imine (C=N–C) groups is 1. The maximum Gasteiger partial charge on any atom is 0.191 e. The van der Waals surface area contributed by atoms with Crippen LogP contribution in [-0.4, -0.2) is 43.3 Å². The molecule has 0 fully saturated rings. The van der Waals surface area contributed by atoms with Crippen molar-refractivity contribution in [1.82, 2.24) is 15.6 Å². The van der Waals surface area contributed by atoms with Gasteiger partial charge in [0, 0.05) is 38.0 Å². The number of guanidine groups is 1. The number of aryl methyl sites for hydroxylation is 1. The topological polar surface area (TPSA) is 58.5 Å². The molecule has 0 spiro atoms. The molecule has 1 heterocycles. The molecule has 0 aromatic carbocycles. The zero-order valence-electron chi connectivity index (χ0n) is 15.2. The number of rotatable bonds is 10. The summed E-state index contributed by atoms with van der Waals surface area (Å²) in [6.45, 7) is 13.8. The molecule has 0 aliphatic carbocycles. The van der Waals surface area contributed by atoms with Crippen molar-refractivity contribution < 1.29 is 4.74 Å². The summed E-state index contributed by atoms with van der Waals surface area (Å²) in [4.78, 5) is 9.13. The Kier molecular flexibility index (Phi) is 9.87. The van der Waals surface area contributed by atoms with Crippen molar-refractivity contribution in [2.24, 2.45) is 10.9 Å². The van der Waals surface area contributed by atoms with Crippen molar-refractivity contribution >= 4 is 17.3 Å². The minimum Gasteiger partial charge on any atom is -0.378 e. The van der Waals surface area contributed by atoms with Crippen LogP contribution in [0, 0.1) is 12.8 Å². The normalized spacial score (nSPS) is 13.4. The van der Waals surface area contributed by atoms with Gasteiger partial charge in [0.25, 0.3) is 0 Å². The predicted molar refractivity (Wildman–Crippen MR) is 99.4 cm³/mol. The van der Waals surface area contributed by atoms with Crippen LogP contribution in [0.1, 0.15) is 44.8 Å². The van der Waals surface area contributed by atoms with Crippen molar-refractivity contribution in [3.05, 3.63) is 16.1 Å². The molecule has 1 aromatic rings. The number of thiazole rings is 1. The number of hydrogen-bond donors (Lipinski definition) is 2. The van der Waals surface area contributed by atoms with Crippen molar-refractivity contribution in [1.29, 1.82) is 0 Å². The zero-order chi connectivity index (χ0) is 17.1. The van der Waals surface area contributed by atoms with Gasteiger partial charge in [-0.25, -0.2) is 4.98 Å². The Labute approximate surface area is 145 Å². The smallest absolute Gasteiger partial charge is 0.191 e. The highest BCUT2D eigenvalue weighted by atomic mass is 32.1. The summed E-state index contributed by atoms with van der Waals surface area (Å²) in [5.74, 6) is 1.40. The Bertz CT molecular complexity index is 459. The lowest BCUT2D eigenvalue weighted by Crippen LogP contribution is -2.38. The molecule has 0 amide bonds. The van der Waals surface area contributed by atoms with E-state index in [9.17, 15) is 0 Å². The fourth-order valence-corrected chi connectivity index (χ4v) is 2.95. The van der Waals surface area contributed by atoms with Crippen molar-refractivity contribution in [2.45, 2.75) is 53.6 Å². The first kappa shape index (κ1) is 19.9. The first-order chi connectivity index (χ1) is 11.1. The zero-order valence-corrected chi connectivity index (χ0v) is 16.0. The molecular formula is C17H32N4OS. The van der Waals surface area contributed by atoms with Crippen molar-refractivity contribution in [3.8, 4) is 0 Å². The summed E-state index contributed by atoms with van der Waals surface area (Å²) in [7, 11) is 0. The Morgan fingerprint density at radius 3 is 2.70 bits per heavy atom. The number of nitrogens with zero attached hydrogens (tertiary/aromatic N) is 2. The highest BCUT2D eigenvalue weighted by Gasteiger charge is 2.12. The van der Waals surface area contributed by atoms with Crippen LogP contribution in [0.4, 0.5) is 0 Å². The lowest BCUT2D eigenvalue weighted by Gasteiger charge is -2.20. The summed E-state index contributed by atoms with van der Waals surface area (Å²) in [5.41, 5.74) is 1.15. The molecular weight excluding hydrogens is 308 g/mol. The maximum atomic E-state index is 5.77. The Morgan fingerprint density at radius 2 is 2.13 bits per heavy atom. The number of nitrogens with one attached hydrogen (secondary N) is 2. The monoisotopic (exact) mass is 340 g/mol. The molecule has 0 radical (unpaired) electrons. The molecule has 132 valence electrons. The SMILES string of the molecule is CCNC(=NCCC(OCC)C(C)C)NCCc1csc(C)n1. The summed E-state index contributed by atoms with van der Waals surface area (Å²) >= 11 is 1.70. The first-order valence-corrected chi connectivity index (χ1v) is 9.49. The molecule has 0 saturated carbocycles. The third kappa shape index (κ3) is 8.32. The molecule has 0 aliphatic heterocycles. The molecule has 0 saturated heterocycles. The van der Waals surface area contributed by atoms with E-state index >= 15 is 0 Å². The Hall–Kier alpha value is -1.14. The quantitative estimate of drug-likeness (QED) is 0.508. The van der Waals surface area contributed by atoms with E-state index in [0.717, 1.165) is 55.7 Å². The van der Waals surface area contributed by atoms with Crippen LogP contribution in [0.5, 0.6) is 0 Å². The minimum absolute atomic E-state index is 0.282. The second-order valence-electron chi connectivity index (χ2n) is 5.82. The van der Waals surface area contributed by atoms with Crippen molar-refractivity contribution in [3.63, 3.8) is 0 Å². The maximum absolute atomic E-state index is 5.77. The Morgan fingerprint density at radius 1 is 1.35 bits per heavy atom. The van der Waals surface area contributed by atoms with Gasteiger partial charge in [-0.3, -0.25) is 4.99 Å². The van der Waals surface area contributed by atoms with E-state index in [1.54, 1.807) is 11.3 Å². The molecule has 2 N–H and O–H groups in total. The summed E-state index contributed by atoms with van der Waals surface area (Å²) in [5, 5.41) is 9.91. The van der Waals surface area contributed by atoms with Gasteiger partial charge < -0.3 is 15.4 Å². The van der Waals surface area contributed by atoms with Crippen LogP contribution in [0.3, 0.4) is 0 Å². The largest absolute Gasteiger partial charge is 0.378 e. The molecule has 5 nitrogen and oxygen atoms in total. The molecule has 1 aromatic heterocycles. The van der Waals surface area contributed by atoms with Crippen LogP contribution in [-0.2, 0) is 11.2 Å². The molecule has 0 aliphatic rings. The lowest BCUT2D eigenvalue weighted by molar-refractivity contribution is 0.0266. The van der Waals surface area contributed by atoms with Crippen LogP contribution in [0.2, 0.25) is 0 Å². The van der Waals surface area contributed by atoms with E-state index in [0.29, 0.717) is 5.92 Å². The fraction of sp³-hybridized carbons (Fsp3) is 0.765. The second kappa shape index (κ2) is 11.4. The van der Waals surface area contributed by atoms with E-state index in [1.165, 1.54) is 0 Å². The molecule has 1 rings (SSSR count). The van der Waals surface area contributed by atoms with Gasteiger partial charge in [-0.1, -0.05) is 13.8 Å². The average Bonchev–Trinajstić information content (AvgIpc) is 2.91. The Balaban J connectivity index is 2.39. The number of hydrogen-bond acceptors (Lipinski definition) is 4. The van der Waals surface area contributed by atoms with Gasteiger partial charge in [0.05, 0.1) is 16.8 Å². The average molecular weight is 341 g/mol. The summed E-state index contributed by atoms with van der Waals surface area (Å²) in [6, 6.07) is 0. The van der Waals surface area contributed by atoms with Crippen LogP contribution < -0.4 is 10.6 Å². The van der Waals surface area contributed by atoms with Crippen LogP contribution in [0.15, 0.2) is 10.4 Å².